The van der Waals surface area contributed by atoms with Crippen LogP contribution in [0.1, 0.15) is 24.5 Å². The molecule has 1 aliphatic rings. The molecule has 34 heavy (non-hydrogen) atoms. The summed E-state index contributed by atoms with van der Waals surface area (Å²) in [4.78, 5) is 14.4. The number of para-hydroxylation sites is 2. The van der Waals surface area contributed by atoms with E-state index in [-0.39, 0.29) is 13.0 Å². The van der Waals surface area contributed by atoms with E-state index in [0.717, 1.165) is 45.2 Å². The summed E-state index contributed by atoms with van der Waals surface area (Å²) in [5.74, 6) is -1.88. The number of hydrogen-bond acceptors (Lipinski definition) is 4. The lowest BCUT2D eigenvalue weighted by molar-refractivity contribution is 0.0115. The van der Waals surface area contributed by atoms with E-state index < -0.39 is 5.92 Å². The molecule has 4 heterocycles. The second kappa shape index (κ2) is 7.99. The van der Waals surface area contributed by atoms with Gasteiger partial charge in [0.2, 0.25) is 0 Å². The summed E-state index contributed by atoms with van der Waals surface area (Å²) in [6, 6.07) is 16.3. The van der Waals surface area contributed by atoms with Crippen molar-refractivity contribution in [3.63, 3.8) is 0 Å². The average molecular weight is 459 g/mol. The van der Waals surface area contributed by atoms with Crippen molar-refractivity contribution in [2.45, 2.75) is 32.2 Å². The number of benzene rings is 2. The molecule has 2 aromatic carbocycles. The number of H-pyrrole nitrogens is 2. The SMILES string of the molecule is CCc1cc(CN2CCC(F)(F)C2)cc(-c2cnc3n[nH]c(-c4nc5ccccc5[nH]4)c3c2)c1. The van der Waals surface area contributed by atoms with Crippen molar-refractivity contribution in [2.75, 3.05) is 13.1 Å². The van der Waals surface area contributed by atoms with Crippen LogP contribution in [-0.4, -0.2) is 49.1 Å². The summed E-state index contributed by atoms with van der Waals surface area (Å²) < 4.78 is 27.4. The normalized spacial score (nSPS) is 16.1. The molecule has 1 saturated heterocycles. The van der Waals surface area contributed by atoms with Gasteiger partial charge in [-0.1, -0.05) is 31.2 Å². The number of pyridine rings is 1. The summed E-state index contributed by atoms with van der Waals surface area (Å²) >= 11 is 0. The highest BCUT2D eigenvalue weighted by Gasteiger charge is 2.37. The molecule has 6 rings (SSSR count). The molecule has 2 N–H and O–H groups in total. The summed E-state index contributed by atoms with van der Waals surface area (Å²) in [6.07, 6.45) is 2.61. The fourth-order valence-corrected chi connectivity index (χ4v) is 4.73. The number of halogens is 2. The Kier molecular flexibility index (Phi) is 4.91. The Morgan fingerprint density at radius 1 is 1.06 bits per heavy atom. The van der Waals surface area contributed by atoms with E-state index in [4.69, 9.17) is 4.98 Å². The van der Waals surface area contributed by atoms with Gasteiger partial charge in [0.1, 0.15) is 5.69 Å². The smallest absolute Gasteiger partial charge is 0.261 e. The van der Waals surface area contributed by atoms with Crippen molar-refractivity contribution in [2.24, 2.45) is 0 Å². The lowest BCUT2D eigenvalue weighted by Crippen LogP contribution is -2.24. The fourth-order valence-electron chi connectivity index (χ4n) is 4.73. The first-order valence-electron chi connectivity index (χ1n) is 11.5. The van der Waals surface area contributed by atoms with Crippen molar-refractivity contribution >= 4 is 22.1 Å². The molecule has 0 bridgehead atoms. The van der Waals surface area contributed by atoms with Crippen LogP contribution < -0.4 is 0 Å². The molecule has 8 heteroatoms. The number of hydrogen-bond donors (Lipinski definition) is 2. The molecule has 5 aromatic rings. The van der Waals surface area contributed by atoms with Gasteiger partial charge in [0.05, 0.1) is 23.0 Å². The van der Waals surface area contributed by atoms with Crippen molar-refractivity contribution < 1.29 is 8.78 Å². The van der Waals surface area contributed by atoms with E-state index in [1.807, 2.05) is 35.4 Å². The van der Waals surface area contributed by atoms with Crippen LogP contribution in [0.3, 0.4) is 0 Å². The molecule has 0 spiro atoms. The zero-order chi connectivity index (χ0) is 23.3. The van der Waals surface area contributed by atoms with Gasteiger partial charge in [0.15, 0.2) is 11.5 Å². The predicted molar refractivity (Wildman–Crippen MR) is 129 cm³/mol. The maximum atomic E-state index is 13.7. The molecule has 0 atom stereocenters. The number of alkyl halides is 2. The minimum atomic E-state index is -2.59. The molecular formula is C26H24F2N6. The van der Waals surface area contributed by atoms with Crippen molar-refractivity contribution in [3.8, 4) is 22.6 Å². The van der Waals surface area contributed by atoms with E-state index in [2.05, 4.69) is 51.4 Å². The number of imidazole rings is 1. The lowest BCUT2D eigenvalue weighted by Gasteiger charge is -2.17. The van der Waals surface area contributed by atoms with Gasteiger partial charge in [-0.05, 0) is 47.4 Å². The standard InChI is InChI=1S/C26H24F2N6/c1-2-16-9-17(14-34-8-7-26(27,28)15-34)11-18(10-16)19-12-20-23(32-33-24(20)29-13-19)25-30-21-5-3-4-6-22(21)31-25/h3-6,9-13H,2,7-8,14-15H2,1H3,(H,30,31)(H,29,32,33). The Morgan fingerprint density at radius 2 is 1.91 bits per heavy atom. The first-order chi connectivity index (χ1) is 16.5. The van der Waals surface area contributed by atoms with Crippen LogP contribution in [0.2, 0.25) is 0 Å². The fraction of sp³-hybridized carbons (Fsp3) is 0.269. The lowest BCUT2D eigenvalue weighted by atomic mass is 9.98. The Hall–Kier alpha value is -3.65. The van der Waals surface area contributed by atoms with E-state index in [9.17, 15) is 8.78 Å². The van der Waals surface area contributed by atoms with Crippen molar-refractivity contribution in [1.29, 1.82) is 0 Å². The molecule has 6 nitrogen and oxygen atoms in total. The molecule has 0 amide bonds. The Morgan fingerprint density at radius 3 is 2.71 bits per heavy atom. The molecule has 172 valence electrons. The van der Waals surface area contributed by atoms with Crippen LogP contribution in [0.15, 0.2) is 54.7 Å². The Labute approximate surface area is 195 Å². The van der Waals surface area contributed by atoms with Crippen LogP contribution in [0.4, 0.5) is 8.78 Å². The van der Waals surface area contributed by atoms with E-state index in [1.54, 1.807) is 0 Å². The van der Waals surface area contributed by atoms with Gasteiger partial charge < -0.3 is 4.98 Å². The number of fused-ring (bicyclic) bond motifs is 2. The second-order valence-electron chi connectivity index (χ2n) is 9.00. The predicted octanol–water partition coefficient (Wildman–Crippen LogP) is 5.57. The Bertz CT molecular complexity index is 1470. The topological polar surface area (TPSA) is 73.5 Å². The average Bonchev–Trinajstić information content (AvgIpc) is 3.54. The number of aromatic nitrogens is 5. The Balaban J connectivity index is 1.38. The molecule has 1 aliphatic heterocycles. The first kappa shape index (κ1) is 20.9. The van der Waals surface area contributed by atoms with Gasteiger partial charge >= 0.3 is 0 Å². The number of rotatable bonds is 5. The van der Waals surface area contributed by atoms with Gasteiger partial charge in [0.25, 0.3) is 5.92 Å². The van der Waals surface area contributed by atoms with Gasteiger partial charge in [-0.25, -0.2) is 18.7 Å². The maximum absolute atomic E-state index is 13.7. The second-order valence-corrected chi connectivity index (χ2v) is 9.00. The molecule has 1 fully saturated rings. The number of aryl methyl sites for hydroxylation is 1. The van der Waals surface area contributed by atoms with Gasteiger partial charge in [-0.3, -0.25) is 10.00 Å². The van der Waals surface area contributed by atoms with Crippen molar-refractivity contribution in [1.82, 2.24) is 30.0 Å². The van der Waals surface area contributed by atoms with Gasteiger partial charge in [-0.15, -0.1) is 0 Å². The zero-order valence-corrected chi connectivity index (χ0v) is 18.8. The van der Waals surface area contributed by atoms with Crippen LogP contribution in [0.5, 0.6) is 0 Å². The third-order valence-corrected chi connectivity index (χ3v) is 6.48. The zero-order valence-electron chi connectivity index (χ0n) is 18.8. The summed E-state index contributed by atoms with van der Waals surface area (Å²) in [5, 5.41) is 8.31. The first-order valence-corrected chi connectivity index (χ1v) is 11.5. The largest absolute Gasteiger partial charge is 0.337 e. The highest BCUT2D eigenvalue weighted by molar-refractivity contribution is 5.93. The number of likely N-dealkylation sites (tertiary alicyclic amines) is 1. The highest BCUT2D eigenvalue weighted by atomic mass is 19.3. The monoisotopic (exact) mass is 458 g/mol. The summed E-state index contributed by atoms with van der Waals surface area (Å²) in [6.45, 7) is 2.86. The number of nitrogens with one attached hydrogen (secondary N) is 2. The van der Waals surface area contributed by atoms with E-state index in [0.29, 0.717) is 24.6 Å². The number of aromatic amines is 2. The quantitative estimate of drug-likeness (QED) is 0.361. The molecule has 0 unspecified atom stereocenters. The van der Waals surface area contributed by atoms with Gasteiger partial charge in [-0.2, -0.15) is 5.10 Å². The minimum Gasteiger partial charge on any atom is -0.337 e. The van der Waals surface area contributed by atoms with Crippen LogP contribution in [0.25, 0.3) is 44.7 Å². The summed E-state index contributed by atoms with van der Waals surface area (Å²) in [7, 11) is 0. The summed E-state index contributed by atoms with van der Waals surface area (Å²) in [5.41, 5.74) is 7.42. The maximum Gasteiger partial charge on any atom is 0.261 e. The molecule has 3 aromatic heterocycles. The van der Waals surface area contributed by atoms with Crippen LogP contribution in [-0.2, 0) is 13.0 Å². The third-order valence-electron chi connectivity index (χ3n) is 6.48. The molecular weight excluding hydrogens is 434 g/mol. The third kappa shape index (κ3) is 3.84. The van der Waals surface area contributed by atoms with Gasteiger partial charge in [0, 0.05) is 31.3 Å². The number of nitrogens with zero attached hydrogens (tertiary/aromatic N) is 4. The molecule has 0 radical (unpaired) electrons. The van der Waals surface area contributed by atoms with Crippen molar-refractivity contribution in [3.05, 3.63) is 65.9 Å². The van der Waals surface area contributed by atoms with Crippen LogP contribution >= 0.6 is 0 Å². The van der Waals surface area contributed by atoms with Crippen LogP contribution in [0, 0.1) is 0 Å². The van der Waals surface area contributed by atoms with E-state index >= 15 is 0 Å². The molecule has 0 aliphatic carbocycles. The van der Waals surface area contributed by atoms with E-state index in [1.165, 1.54) is 5.56 Å². The highest BCUT2D eigenvalue weighted by Crippen LogP contribution is 2.32. The molecule has 0 saturated carbocycles. The minimum absolute atomic E-state index is 0.0705.